The monoisotopic (exact) mass is 550 g/mol. The maximum atomic E-state index is 13.5. The van der Waals surface area contributed by atoms with Crippen molar-refractivity contribution in [1.82, 2.24) is 5.32 Å². The molecule has 1 aliphatic rings. The van der Waals surface area contributed by atoms with Crippen LogP contribution in [0, 0.1) is 6.92 Å². The number of anilines is 1. The number of carbonyl (C=O) groups is 2. The number of carbonyl (C=O) groups excluding carboxylic acids is 2. The van der Waals surface area contributed by atoms with Gasteiger partial charge in [0, 0.05) is 5.56 Å². The molecule has 0 atom stereocenters. The van der Waals surface area contributed by atoms with Crippen LogP contribution in [0.3, 0.4) is 0 Å². The van der Waals surface area contributed by atoms with Gasteiger partial charge >= 0.3 is 0 Å². The highest BCUT2D eigenvalue weighted by molar-refractivity contribution is 7.80. The van der Waals surface area contributed by atoms with Crippen LogP contribution < -0.4 is 24.4 Å². The predicted molar refractivity (Wildman–Crippen MR) is 158 cm³/mol. The van der Waals surface area contributed by atoms with E-state index < -0.39 is 11.8 Å². The molecule has 0 aromatic heterocycles. The number of methoxy groups -OCH3 is 1. The fourth-order valence-electron chi connectivity index (χ4n) is 4.22. The van der Waals surface area contributed by atoms with Gasteiger partial charge in [0.2, 0.25) is 0 Å². The molecular formula is C32H26N2O5S. The third-order valence-corrected chi connectivity index (χ3v) is 6.55. The Balaban J connectivity index is 1.38. The lowest BCUT2D eigenvalue weighted by molar-refractivity contribution is -0.122. The zero-order valence-electron chi connectivity index (χ0n) is 21.9. The zero-order valence-corrected chi connectivity index (χ0v) is 22.7. The average Bonchev–Trinajstić information content (AvgIpc) is 2.96. The van der Waals surface area contributed by atoms with Crippen LogP contribution in [0.4, 0.5) is 5.69 Å². The molecule has 8 heteroatoms. The highest BCUT2D eigenvalue weighted by Crippen LogP contribution is 2.28. The van der Waals surface area contributed by atoms with E-state index in [0.717, 1.165) is 16.9 Å². The van der Waals surface area contributed by atoms with E-state index in [9.17, 15) is 9.59 Å². The van der Waals surface area contributed by atoms with Gasteiger partial charge in [0.05, 0.1) is 12.8 Å². The predicted octanol–water partition coefficient (Wildman–Crippen LogP) is 6.21. The van der Waals surface area contributed by atoms with Crippen molar-refractivity contribution in [3.8, 4) is 23.0 Å². The Morgan fingerprint density at radius 1 is 0.850 bits per heavy atom. The lowest BCUT2D eigenvalue weighted by Gasteiger charge is -2.29. The third-order valence-electron chi connectivity index (χ3n) is 6.27. The fourth-order valence-corrected chi connectivity index (χ4v) is 4.50. The van der Waals surface area contributed by atoms with Crippen LogP contribution in [0.5, 0.6) is 23.0 Å². The molecule has 1 aliphatic heterocycles. The number of hydrogen-bond acceptors (Lipinski definition) is 6. The van der Waals surface area contributed by atoms with Crippen molar-refractivity contribution in [1.29, 1.82) is 0 Å². The first-order valence-corrected chi connectivity index (χ1v) is 12.9. The van der Waals surface area contributed by atoms with Crippen molar-refractivity contribution in [2.24, 2.45) is 0 Å². The Hall–Kier alpha value is -4.95. The maximum absolute atomic E-state index is 13.5. The summed E-state index contributed by atoms with van der Waals surface area (Å²) in [5.74, 6) is 1.60. The molecular weight excluding hydrogens is 524 g/mol. The first-order chi connectivity index (χ1) is 19.4. The number of hydrogen-bond donors (Lipinski definition) is 1. The summed E-state index contributed by atoms with van der Waals surface area (Å²) in [6, 6.07) is 29.4. The van der Waals surface area contributed by atoms with Crippen LogP contribution >= 0.6 is 12.2 Å². The van der Waals surface area contributed by atoms with Crippen molar-refractivity contribution >= 4 is 40.9 Å². The Morgan fingerprint density at radius 2 is 1.55 bits per heavy atom. The second-order valence-corrected chi connectivity index (χ2v) is 9.38. The molecule has 4 aromatic rings. The molecule has 4 aromatic carbocycles. The molecule has 0 spiro atoms. The van der Waals surface area contributed by atoms with Gasteiger partial charge in [-0.15, -0.1) is 0 Å². The van der Waals surface area contributed by atoms with Gasteiger partial charge in [-0.3, -0.25) is 19.8 Å². The molecule has 7 nitrogen and oxygen atoms in total. The molecule has 200 valence electrons. The van der Waals surface area contributed by atoms with Crippen LogP contribution in [0.1, 0.15) is 16.7 Å². The lowest BCUT2D eigenvalue weighted by atomic mass is 10.0. The van der Waals surface area contributed by atoms with Gasteiger partial charge in [-0.25, -0.2) is 0 Å². The highest BCUT2D eigenvalue weighted by Gasteiger charge is 2.34. The smallest absolute Gasteiger partial charge is 0.270 e. The van der Waals surface area contributed by atoms with Crippen LogP contribution in [-0.2, 0) is 16.2 Å². The molecule has 40 heavy (non-hydrogen) atoms. The van der Waals surface area contributed by atoms with Crippen LogP contribution in [0.25, 0.3) is 6.08 Å². The van der Waals surface area contributed by atoms with E-state index in [2.05, 4.69) is 5.32 Å². The van der Waals surface area contributed by atoms with Gasteiger partial charge < -0.3 is 14.2 Å². The summed E-state index contributed by atoms with van der Waals surface area (Å²) >= 11 is 5.35. The number of aryl methyl sites for hydroxylation is 1. The van der Waals surface area contributed by atoms with E-state index >= 15 is 0 Å². The number of rotatable bonds is 8. The first kappa shape index (κ1) is 26.6. The molecule has 1 heterocycles. The summed E-state index contributed by atoms with van der Waals surface area (Å²) in [7, 11) is 1.58. The third kappa shape index (κ3) is 5.87. The van der Waals surface area contributed by atoms with Gasteiger partial charge in [0.15, 0.2) is 5.11 Å². The first-order valence-electron chi connectivity index (χ1n) is 12.5. The van der Waals surface area contributed by atoms with Crippen molar-refractivity contribution in [2.75, 3.05) is 12.0 Å². The molecule has 1 saturated heterocycles. The molecule has 1 N–H and O–H groups in total. The summed E-state index contributed by atoms with van der Waals surface area (Å²) in [6.45, 7) is 2.22. The number of benzene rings is 4. The molecule has 0 saturated carbocycles. The standard InChI is InChI=1S/C32H26N2O5S/c1-21-8-6-7-11-28(21)38-20-23-18-22(12-17-29(23)37-2)19-27-30(35)33-32(40)34(31(27)36)24-13-15-26(16-14-24)39-25-9-4-3-5-10-25/h3-19H,20H2,1-2H3,(H,33,35,40)/b27-19+. The lowest BCUT2D eigenvalue weighted by Crippen LogP contribution is -2.54. The number of thiocarbonyl (C=S) groups is 1. The SMILES string of the molecule is COc1ccc(/C=C2\C(=O)NC(=S)N(c3ccc(Oc4ccccc4)cc3)C2=O)cc1COc1ccccc1C. The number of amides is 2. The van der Waals surface area contributed by atoms with E-state index in [1.807, 2.05) is 67.6 Å². The molecule has 0 unspecified atom stereocenters. The van der Waals surface area contributed by atoms with Gasteiger partial charge in [-0.05, 0) is 90.9 Å². The van der Waals surface area contributed by atoms with E-state index in [0.29, 0.717) is 28.5 Å². The number of nitrogens with one attached hydrogen (secondary N) is 1. The van der Waals surface area contributed by atoms with E-state index in [1.54, 1.807) is 43.5 Å². The van der Waals surface area contributed by atoms with Crippen molar-refractivity contribution in [3.63, 3.8) is 0 Å². The van der Waals surface area contributed by atoms with Crippen molar-refractivity contribution in [3.05, 3.63) is 119 Å². The van der Waals surface area contributed by atoms with Gasteiger partial charge in [0.1, 0.15) is 35.2 Å². The molecule has 5 rings (SSSR count). The zero-order chi connectivity index (χ0) is 28.1. The van der Waals surface area contributed by atoms with Crippen molar-refractivity contribution in [2.45, 2.75) is 13.5 Å². The summed E-state index contributed by atoms with van der Waals surface area (Å²) in [4.78, 5) is 27.6. The van der Waals surface area contributed by atoms with Crippen LogP contribution in [-0.4, -0.2) is 24.0 Å². The van der Waals surface area contributed by atoms with Gasteiger partial charge in [0.25, 0.3) is 11.8 Å². The molecule has 2 amide bonds. The molecule has 0 aliphatic carbocycles. The van der Waals surface area contributed by atoms with Gasteiger partial charge in [-0.1, -0.05) is 42.5 Å². The highest BCUT2D eigenvalue weighted by atomic mass is 32.1. The largest absolute Gasteiger partial charge is 0.496 e. The maximum Gasteiger partial charge on any atom is 0.270 e. The summed E-state index contributed by atoms with van der Waals surface area (Å²) in [6.07, 6.45) is 1.54. The Kier molecular flexibility index (Phi) is 7.89. The second kappa shape index (κ2) is 11.8. The van der Waals surface area contributed by atoms with E-state index in [1.165, 1.54) is 11.0 Å². The Bertz CT molecular complexity index is 1600. The minimum atomic E-state index is -0.566. The van der Waals surface area contributed by atoms with Crippen LogP contribution in [0.2, 0.25) is 0 Å². The Morgan fingerprint density at radius 3 is 2.27 bits per heavy atom. The molecule has 0 bridgehead atoms. The number of nitrogens with zero attached hydrogens (tertiary/aromatic N) is 1. The Labute approximate surface area is 237 Å². The van der Waals surface area contributed by atoms with E-state index in [4.69, 9.17) is 26.4 Å². The molecule has 1 fully saturated rings. The van der Waals surface area contributed by atoms with Gasteiger partial charge in [-0.2, -0.15) is 0 Å². The average molecular weight is 551 g/mol. The quantitative estimate of drug-likeness (QED) is 0.160. The topological polar surface area (TPSA) is 77.1 Å². The number of ether oxygens (including phenoxy) is 3. The number of para-hydroxylation sites is 2. The normalized spacial score (nSPS) is 14.2. The molecule has 0 radical (unpaired) electrons. The van der Waals surface area contributed by atoms with Crippen molar-refractivity contribution < 1.29 is 23.8 Å². The van der Waals surface area contributed by atoms with E-state index in [-0.39, 0.29) is 17.3 Å². The minimum absolute atomic E-state index is 0.00549. The second-order valence-electron chi connectivity index (χ2n) is 8.99. The van der Waals surface area contributed by atoms with Crippen LogP contribution in [0.15, 0.2) is 103 Å². The summed E-state index contributed by atoms with van der Waals surface area (Å²) in [5, 5.41) is 2.63. The summed E-state index contributed by atoms with van der Waals surface area (Å²) in [5.41, 5.74) is 2.88. The minimum Gasteiger partial charge on any atom is -0.496 e. The fraction of sp³-hybridized carbons (Fsp3) is 0.0938. The summed E-state index contributed by atoms with van der Waals surface area (Å²) < 4.78 is 17.3.